The van der Waals surface area contributed by atoms with Gasteiger partial charge in [-0.2, -0.15) is 0 Å². The molecular weight excluding hydrogens is 322 g/mol. The second-order valence-electron chi connectivity index (χ2n) is 5.48. The van der Waals surface area contributed by atoms with Gasteiger partial charge in [-0.1, -0.05) is 12.1 Å². The lowest BCUT2D eigenvalue weighted by atomic mass is 10.1. The van der Waals surface area contributed by atoms with Gasteiger partial charge in [0.05, 0.1) is 20.1 Å². The van der Waals surface area contributed by atoms with E-state index >= 15 is 0 Å². The fourth-order valence-corrected chi connectivity index (χ4v) is 2.11. The SMILES string of the molecule is CN=C(NCCC(=O)OC)NCc1ccc(C)cc1OCCCOC. The van der Waals surface area contributed by atoms with Crippen LogP contribution in [0.1, 0.15) is 24.0 Å². The maximum absolute atomic E-state index is 11.1. The Kier molecular flexibility index (Phi) is 10.1. The largest absolute Gasteiger partial charge is 0.493 e. The number of hydrogen-bond acceptors (Lipinski definition) is 5. The summed E-state index contributed by atoms with van der Waals surface area (Å²) >= 11 is 0. The van der Waals surface area contributed by atoms with Crippen molar-refractivity contribution in [3.8, 4) is 5.75 Å². The van der Waals surface area contributed by atoms with Crippen LogP contribution in [0.5, 0.6) is 5.75 Å². The van der Waals surface area contributed by atoms with Crippen LogP contribution in [0.25, 0.3) is 0 Å². The Bertz CT molecular complexity index is 561. The summed E-state index contributed by atoms with van der Waals surface area (Å²) in [7, 11) is 4.74. The summed E-state index contributed by atoms with van der Waals surface area (Å²) in [6.07, 6.45) is 1.13. The monoisotopic (exact) mass is 351 g/mol. The molecule has 0 aliphatic carbocycles. The molecule has 0 aliphatic rings. The molecule has 0 unspecified atom stereocenters. The predicted molar refractivity (Wildman–Crippen MR) is 98.0 cm³/mol. The molecule has 0 saturated heterocycles. The smallest absolute Gasteiger partial charge is 0.307 e. The van der Waals surface area contributed by atoms with Gasteiger partial charge in [0.2, 0.25) is 0 Å². The summed E-state index contributed by atoms with van der Waals surface area (Å²) < 4.78 is 15.5. The number of benzene rings is 1. The first-order valence-corrected chi connectivity index (χ1v) is 8.33. The molecule has 1 aromatic carbocycles. The molecule has 0 heterocycles. The zero-order chi connectivity index (χ0) is 18.5. The number of nitrogens with zero attached hydrogens (tertiary/aromatic N) is 1. The normalized spacial score (nSPS) is 11.1. The third-order valence-electron chi connectivity index (χ3n) is 3.49. The molecule has 2 N–H and O–H groups in total. The number of aliphatic imine (C=N–C) groups is 1. The van der Waals surface area contributed by atoms with Crippen molar-refractivity contribution in [2.45, 2.75) is 26.3 Å². The highest BCUT2D eigenvalue weighted by molar-refractivity contribution is 5.80. The number of hydrogen-bond donors (Lipinski definition) is 2. The topological polar surface area (TPSA) is 81.2 Å². The van der Waals surface area contributed by atoms with Gasteiger partial charge in [-0.05, 0) is 18.6 Å². The maximum Gasteiger partial charge on any atom is 0.307 e. The summed E-state index contributed by atoms with van der Waals surface area (Å²) in [6.45, 7) is 4.34. The average molecular weight is 351 g/mol. The lowest BCUT2D eigenvalue weighted by molar-refractivity contribution is -0.140. The molecule has 0 spiro atoms. The number of carbonyl (C=O) groups is 1. The Balaban J connectivity index is 2.54. The summed E-state index contributed by atoms with van der Waals surface area (Å²) in [5, 5.41) is 6.30. The molecule has 0 amide bonds. The summed E-state index contributed by atoms with van der Waals surface area (Å²) in [6, 6.07) is 6.11. The minimum absolute atomic E-state index is 0.256. The lowest BCUT2D eigenvalue weighted by Crippen LogP contribution is -2.38. The van der Waals surface area contributed by atoms with Crippen LogP contribution < -0.4 is 15.4 Å². The number of rotatable bonds is 10. The Morgan fingerprint density at radius 3 is 2.68 bits per heavy atom. The van der Waals surface area contributed by atoms with E-state index in [1.165, 1.54) is 7.11 Å². The molecular formula is C18H29N3O4. The minimum atomic E-state index is -0.256. The van der Waals surface area contributed by atoms with Crippen LogP contribution >= 0.6 is 0 Å². The molecule has 0 bridgehead atoms. The van der Waals surface area contributed by atoms with Crippen molar-refractivity contribution < 1.29 is 19.0 Å². The van der Waals surface area contributed by atoms with Crippen molar-refractivity contribution in [3.05, 3.63) is 29.3 Å². The van der Waals surface area contributed by atoms with E-state index in [1.807, 2.05) is 25.1 Å². The molecule has 25 heavy (non-hydrogen) atoms. The van der Waals surface area contributed by atoms with Crippen LogP contribution in [0.2, 0.25) is 0 Å². The quantitative estimate of drug-likeness (QED) is 0.289. The Hall–Kier alpha value is -2.28. The van der Waals surface area contributed by atoms with E-state index in [1.54, 1.807) is 14.2 Å². The third-order valence-corrected chi connectivity index (χ3v) is 3.49. The third kappa shape index (κ3) is 8.39. The van der Waals surface area contributed by atoms with Crippen molar-refractivity contribution in [1.82, 2.24) is 10.6 Å². The van der Waals surface area contributed by atoms with Gasteiger partial charge >= 0.3 is 5.97 Å². The van der Waals surface area contributed by atoms with Crippen LogP contribution in [0.15, 0.2) is 23.2 Å². The number of carbonyl (C=O) groups excluding carboxylic acids is 1. The lowest BCUT2D eigenvalue weighted by Gasteiger charge is -2.15. The molecule has 0 fully saturated rings. The zero-order valence-corrected chi connectivity index (χ0v) is 15.6. The Morgan fingerprint density at radius 2 is 2.00 bits per heavy atom. The number of nitrogens with one attached hydrogen (secondary N) is 2. The van der Waals surface area contributed by atoms with E-state index in [9.17, 15) is 4.79 Å². The van der Waals surface area contributed by atoms with Gasteiger partial charge in [0, 0.05) is 45.8 Å². The van der Waals surface area contributed by atoms with Crippen LogP contribution in [0, 0.1) is 6.92 Å². The number of guanidine groups is 1. The molecule has 0 aliphatic heterocycles. The highest BCUT2D eigenvalue weighted by atomic mass is 16.5. The van der Waals surface area contributed by atoms with Gasteiger partial charge < -0.3 is 24.8 Å². The first kappa shape index (κ1) is 20.8. The van der Waals surface area contributed by atoms with Crippen LogP contribution in [0.4, 0.5) is 0 Å². The van der Waals surface area contributed by atoms with Crippen LogP contribution in [-0.2, 0) is 20.8 Å². The molecule has 140 valence electrons. The molecule has 7 heteroatoms. The predicted octanol–water partition coefficient (Wildman–Crippen LogP) is 1.64. The van der Waals surface area contributed by atoms with Gasteiger partial charge in [-0.15, -0.1) is 0 Å². The van der Waals surface area contributed by atoms with E-state index in [2.05, 4.69) is 20.4 Å². The zero-order valence-electron chi connectivity index (χ0n) is 15.6. The first-order valence-electron chi connectivity index (χ1n) is 8.33. The Labute approximate surface area is 149 Å². The first-order chi connectivity index (χ1) is 12.1. The van der Waals surface area contributed by atoms with Crippen molar-refractivity contribution >= 4 is 11.9 Å². The van der Waals surface area contributed by atoms with Crippen molar-refractivity contribution in [2.24, 2.45) is 4.99 Å². The van der Waals surface area contributed by atoms with E-state index in [0.29, 0.717) is 32.3 Å². The molecule has 7 nitrogen and oxygen atoms in total. The highest BCUT2D eigenvalue weighted by Crippen LogP contribution is 2.20. The van der Waals surface area contributed by atoms with Crippen molar-refractivity contribution in [3.63, 3.8) is 0 Å². The summed E-state index contributed by atoms with van der Waals surface area (Å²) in [5.41, 5.74) is 2.19. The minimum Gasteiger partial charge on any atom is -0.493 e. The number of ether oxygens (including phenoxy) is 3. The van der Waals surface area contributed by atoms with Gasteiger partial charge in [-0.25, -0.2) is 0 Å². The van der Waals surface area contributed by atoms with E-state index < -0.39 is 0 Å². The van der Waals surface area contributed by atoms with Crippen LogP contribution in [0.3, 0.4) is 0 Å². The maximum atomic E-state index is 11.1. The van der Waals surface area contributed by atoms with E-state index in [4.69, 9.17) is 9.47 Å². The molecule has 0 atom stereocenters. The van der Waals surface area contributed by atoms with Gasteiger partial charge in [0.25, 0.3) is 0 Å². The van der Waals surface area contributed by atoms with Crippen LogP contribution in [-0.4, -0.2) is 53.0 Å². The fourth-order valence-electron chi connectivity index (χ4n) is 2.11. The molecule has 0 radical (unpaired) electrons. The number of methoxy groups -OCH3 is 2. The van der Waals surface area contributed by atoms with Gasteiger partial charge in [0.15, 0.2) is 5.96 Å². The second kappa shape index (κ2) is 12.1. The standard InChI is InChI=1S/C18H29N3O4/c1-14-6-7-15(16(12-14)25-11-5-10-23-3)13-21-18(19-2)20-9-8-17(22)24-4/h6-7,12H,5,8-11,13H2,1-4H3,(H2,19,20,21). The molecule has 0 aromatic heterocycles. The van der Waals surface area contributed by atoms with E-state index in [0.717, 1.165) is 23.3 Å². The molecule has 0 saturated carbocycles. The molecule has 1 aromatic rings. The second-order valence-corrected chi connectivity index (χ2v) is 5.48. The van der Waals surface area contributed by atoms with E-state index in [-0.39, 0.29) is 12.4 Å². The van der Waals surface area contributed by atoms with Crippen molar-refractivity contribution in [1.29, 1.82) is 0 Å². The molecule has 1 rings (SSSR count). The summed E-state index contributed by atoms with van der Waals surface area (Å²) in [4.78, 5) is 15.3. The van der Waals surface area contributed by atoms with Crippen molar-refractivity contribution in [2.75, 3.05) is 41.0 Å². The number of esters is 1. The Morgan fingerprint density at radius 1 is 1.20 bits per heavy atom. The average Bonchev–Trinajstić information content (AvgIpc) is 2.62. The fraction of sp³-hybridized carbons (Fsp3) is 0.556. The highest BCUT2D eigenvalue weighted by Gasteiger charge is 2.07. The number of aryl methyl sites for hydroxylation is 1. The van der Waals surface area contributed by atoms with Gasteiger partial charge in [-0.3, -0.25) is 9.79 Å². The van der Waals surface area contributed by atoms with Gasteiger partial charge in [0.1, 0.15) is 5.75 Å². The summed E-state index contributed by atoms with van der Waals surface area (Å²) in [5.74, 6) is 1.22.